The van der Waals surface area contributed by atoms with Crippen LogP contribution >= 0.6 is 0 Å². The van der Waals surface area contributed by atoms with Crippen molar-refractivity contribution in [2.45, 2.75) is 64.1 Å². The maximum atomic E-state index is 13.9. The number of carbonyl (C=O) groups excluding carboxylic acids is 1. The van der Waals surface area contributed by atoms with Gasteiger partial charge in [-0.2, -0.15) is 17.0 Å². The van der Waals surface area contributed by atoms with Gasteiger partial charge in [0.05, 0.1) is 6.04 Å². The summed E-state index contributed by atoms with van der Waals surface area (Å²) in [4.78, 5) is 27.7. The van der Waals surface area contributed by atoms with Gasteiger partial charge in [-0.25, -0.2) is 4.79 Å². The zero-order valence-corrected chi connectivity index (χ0v) is 22.9. The number of rotatable bonds is 11. The molecule has 4 atom stereocenters. The van der Waals surface area contributed by atoms with Crippen LogP contribution in [0.15, 0.2) is 42.1 Å². The zero-order valence-electron chi connectivity index (χ0n) is 22.1. The molecule has 2 aliphatic rings. The van der Waals surface area contributed by atoms with E-state index in [0.717, 1.165) is 8.61 Å². The minimum atomic E-state index is -4.26. The van der Waals surface area contributed by atoms with Crippen molar-refractivity contribution < 1.29 is 27.9 Å². The van der Waals surface area contributed by atoms with Crippen molar-refractivity contribution in [2.75, 3.05) is 26.7 Å². The highest BCUT2D eigenvalue weighted by atomic mass is 32.2. The van der Waals surface area contributed by atoms with Crippen LogP contribution < -0.4 is 5.32 Å². The molecule has 0 aromatic carbocycles. The van der Waals surface area contributed by atoms with E-state index in [1.807, 2.05) is 25.2 Å². The van der Waals surface area contributed by atoms with Crippen molar-refractivity contribution in [1.82, 2.24) is 13.9 Å². The molecular formula is C24H38N6O6S. The first-order chi connectivity index (χ1) is 17.2. The van der Waals surface area contributed by atoms with Crippen LogP contribution in [0.1, 0.15) is 47.0 Å². The Morgan fingerprint density at radius 2 is 2.08 bits per heavy atom. The fourth-order valence-corrected chi connectivity index (χ4v) is 6.81. The molecule has 0 aromatic rings. The molecule has 0 bridgehead atoms. The normalized spacial score (nSPS) is 28.1. The van der Waals surface area contributed by atoms with Crippen LogP contribution in [-0.4, -0.2) is 78.1 Å². The minimum Gasteiger partial charge on any atom is -0.481 e. The van der Waals surface area contributed by atoms with Gasteiger partial charge in [0.2, 0.25) is 0 Å². The highest BCUT2D eigenvalue weighted by Crippen LogP contribution is 2.53. The van der Waals surface area contributed by atoms with Crippen LogP contribution in [0.4, 0.5) is 4.79 Å². The summed E-state index contributed by atoms with van der Waals surface area (Å²) in [6.07, 6.45) is 8.98. The molecule has 2 rings (SSSR count). The lowest BCUT2D eigenvalue weighted by Crippen LogP contribution is -2.61. The van der Waals surface area contributed by atoms with Crippen molar-refractivity contribution in [1.29, 1.82) is 0 Å². The molecule has 0 radical (unpaired) electrons. The zero-order chi connectivity index (χ0) is 28.1. The smallest absolute Gasteiger partial charge is 0.407 e. The van der Waals surface area contributed by atoms with Gasteiger partial charge in [0.1, 0.15) is 5.60 Å². The first-order valence-corrected chi connectivity index (χ1v) is 13.6. The number of alkyl carbamates (subject to hydrolysis) is 1. The Bertz CT molecular complexity index is 1090. The Morgan fingerprint density at radius 1 is 1.41 bits per heavy atom. The molecule has 0 saturated carbocycles. The second-order valence-electron chi connectivity index (χ2n) is 10.3. The summed E-state index contributed by atoms with van der Waals surface area (Å²) in [5, 5.41) is 16.8. The van der Waals surface area contributed by atoms with Gasteiger partial charge in [-0.3, -0.25) is 4.79 Å². The van der Waals surface area contributed by atoms with Crippen molar-refractivity contribution in [2.24, 2.45) is 16.4 Å². The molecule has 1 heterocycles. The average Bonchev–Trinajstić information content (AvgIpc) is 3.15. The summed E-state index contributed by atoms with van der Waals surface area (Å²) >= 11 is 0. The van der Waals surface area contributed by atoms with E-state index in [2.05, 4.69) is 21.9 Å². The van der Waals surface area contributed by atoms with E-state index in [4.69, 9.17) is 4.74 Å². The highest BCUT2D eigenvalue weighted by Gasteiger charge is 2.67. The lowest BCUT2D eigenvalue weighted by molar-refractivity contribution is -0.147. The molecule has 206 valence electrons. The third-order valence-corrected chi connectivity index (χ3v) is 8.82. The van der Waals surface area contributed by atoms with Gasteiger partial charge >= 0.3 is 12.1 Å². The van der Waals surface area contributed by atoms with E-state index in [-0.39, 0.29) is 26.1 Å². The number of aliphatic carboxylic acids is 1. The monoisotopic (exact) mass is 538 g/mol. The van der Waals surface area contributed by atoms with E-state index in [9.17, 15) is 28.6 Å². The number of likely N-dealkylation sites (N-methyl/N-ethyl adjacent to an activating group) is 1. The number of nitrogens with zero attached hydrogens (tertiary/aromatic N) is 5. The van der Waals surface area contributed by atoms with E-state index in [0.29, 0.717) is 12.8 Å². The first-order valence-electron chi connectivity index (χ1n) is 12.2. The van der Waals surface area contributed by atoms with Crippen LogP contribution in [0.3, 0.4) is 0 Å². The van der Waals surface area contributed by atoms with Gasteiger partial charge in [-0.05, 0) is 51.5 Å². The van der Waals surface area contributed by atoms with Crippen molar-refractivity contribution >= 4 is 22.3 Å². The van der Waals surface area contributed by atoms with E-state index >= 15 is 0 Å². The topological polar surface area (TPSA) is 165 Å². The molecule has 13 heteroatoms. The summed E-state index contributed by atoms with van der Waals surface area (Å²) in [6.45, 7) is 10.4. The Balaban J connectivity index is 2.52. The van der Waals surface area contributed by atoms with Gasteiger partial charge in [-0.1, -0.05) is 42.4 Å². The van der Waals surface area contributed by atoms with Gasteiger partial charge in [-0.15, -0.1) is 6.58 Å². The molecule has 1 aliphatic heterocycles. The summed E-state index contributed by atoms with van der Waals surface area (Å²) < 4.78 is 35.3. The van der Waals surface area contributed by atoms with Gasteiger partial charge < -0.3 is 15.2 Å². The molecule has 1 saturated heterocycles. The third kappa shape index (κ3) is 6.18. The van der Waals surface area contributed by atoms with E-state index in [1.165, 1.54) is 13.1 Å². The van der Waals surface area contributed by atoms with Crippen LogP contribution in [0.2, 0.25) is 0 Å². The van der Waals surface area contributed by atoms with Gasteiger partial charge in [0.15, 0.2) is 5.54 Å². The maximum Gasteiger partial charge on any atom is 0.407 e. The Kier molecular flexibility index (Phi) is 9.58. The number of ether oxygens (including phenoxy) is 1. The molecule has 1 aliphatic carbocycles. The summed E-state index contributed by atoms with van der Waals surface area (Å²) in [7, 11) is -2.90. The standard InChI is InChI=1S/C24H38N6O6S/c1-7-12-18-17-30(37(34,35)29(6)16-15-26-21(33)36-22(3,4)5)19(24(18,20(31)32)27-28-25)23(8-2)13-10-9-11-14-23/h7,9-11,13,18-19H,1,8,12,14-17H2,2-6H3,(H,26,33)(H,31,32)/t18-,19+,23?,24+/m0/s1. The highest BCUT2D eigenvalue weighted by molar-refractivity contribution is 7.86. The van der Waals surface area contributed by atoms with Crippen LogP contribution in [0, 0.1) is 11.3 Å². The number of allylic oxidation sites excluding steroid dienone is 4. The van der Waals surface area contributed by atoms with Crippen LogP contribution in [0.5, 0.6) is 0 Å². The number of nitrogens with one attached hydrogen (secondary N) is 1. The molecule has 1 unspecified atom stereocenters. The number of hydrogen-bond acceptors (Lipinski definition) is 6. The molecule has 0 spiro atoms. The van der Waals surface area contributed by atoms with Gasteiger partial charge in [0.25, 0.3) is 10.2 Å². The third-order valence-electron chi connectivity index (χ3n) is 6.89. The predicted molar refractivity (Wildman–Crippen MR) is 140 cm³/mol. The quantitative estimate of drug-likeness (QED) is 0.176. The number of hydrogen-bond donors (Lipinski definition) is 2. The number of amides is 1. The summed E-state index contributed by atoms with van der Waals surface area (Å²) in [5.41, 5.74) is 5.76. The second kappa shape index (κ2) is 11.7. The van der Waals surface area contributed by atoms with Crippen LogP contribution in [-0.2, 0) is 19.7 Å². The first kappa shape index (κ1) is 30.4. The SMILES string of the molecule is C=CC[C@H]1CN(S(=O)(=O)N(C)CCNC(=O)OC(C)(C)C)[C@H](C2(CC)C=CC=CC2)[C@@]1(N=[N+]=[N-])C(=O)O. The molecule has 12 nitrogen and oxygen atoms in total. The molecule has 1 amide bonds. The number of carboxylic acids is 1. The number of azide groups is 1. The molecule has 1 fully saturated rings. The van der Waals surface area contributed by atoms with Gasteiger partial charge in [0, 0.05) is 37.0 Å². The maximum absolute atomic E-state index is 13.9. The lowest BCUT2D eigenvalue weighted by atomic mass is 9.64. The lowest BCUT2D eigenvalue weighted by Gasteiger charge is -2.46. The minimum absolute atomic E-state index is 0.0266. The average molecular weight is 539 g/mol. The molecule has 37 heavy (non-hydrogen) atoms. The predicted octanol–water partition coefficient (Wildman–Crippen LogP) is 3.61. The fraction of sp³-hybridized carbons (Fsp3) is 0.667. The largest absolute Gasteiger partial charge is 0.481 e. The fourth-order valence-electron chi connectivity index (χ4n) is 5.12. The summed E-state index contributed by atoms with van der Waals surface area (Å²) in [5.74, 6) is -2.22. The van der Waals surface area contributed by atoms with Crippen molar-refractivity contribution in [3.63, 3.8) is 0 Å². The Morgan fingerprint density at radius 3 is 2.57 bits per heavy atom. The Labute approximate surface area is 218 Å². The van der Waals surface area contributed by atoms with E-state index in [1.54, 1.807) is 26.8 Å². The molecule has 2 N–H and O–H groups in total. The number of carbonyl (C=O) groups is 2. The second-order valence-corrected chi connectivity index (χ2v) is 12.3. The van der Waals surface area contributed by atoms with Crippen molar-refractivity contribution in [3.8, 4) is 0 Å². The molecular weight excluding hydrogens is 500 g/mol. The summed E-state index contributed by atoms with van der Waals surface area (Å²) in [6, 6.07) is -1.20. The van der Waals surface area contributed by atoms with E-state index < -0.39 is 50.8 Å². The molecule has 0 aromatic heterocycles. The number of carboxylic acid groups (broad SMARTS) is 1. The Hall–Kier alpha value is -2.86. The van der Waals surface area contributed by atoms with Crippen molar-refractivity contribution in [3.05, 3.63) is 47.4 Å². The van der Waals surface area contributed by atoms with Crippen LogP contribution in [0.25, 0.3) is 10.4 Å².